The maximum absolute atomic E-state index is 13.8. The minimum atomic E-state index is -0.696. The molecule has 0 aromatic heterocycles. The van der Waals surface area contributed by atoms with Gasteiger partial charge in [0, 0.05) is 16.8 Å². The summed E-state index contributed by atoms with van der Waals surface area (Å²) < 4.78 is 26.6. The van der Waals surface area contributed by atoms with Crippen molar-refractivity contribution in [3.05, 3.63) is 76.9 Å². The summed E-state index contributed by atoms with van der Waals surface area (Å²) in [5.41, 5.74) is 12.4. The summed E-state index contributed by atoms with van der Waals surface area (Å²) in [5.74, 6) is -1.58. The minimum Gasteiger partial charge on any atom is -0.398 e. The van der Waals surface area contributed by atoms with Gasteiger partial charge >= 0.3 is 0 Å². The van der Waals surface area contributed by atoms with Gasteiger partial charge in [0.1, 0.15) is 11.6 Å². The Kier molecular flexibility index (Phi) is 4.33. The Morgan fingerprint density at radius 3 is 2.33 bits per heavy atom. The van der Waals surface area contributed by atoms with Crippen LogP contribution in [0.5, 0.6) is 0 Å². The third-order valence-corrected chi connectivity index (χ3v) is 3.09. The molecule has 0 unspecified atom stereocenters. The molecule has 108 valence electrons. The van der Waals surface area contributed by atoms with Crippen molar-refractivity contribution < 1.29 is 13.6 Å². The van der Waals surface area contributed by atoms with Gasteiger partial charge in [-0.25, -0.2) is 8.78 Å². The molecule has 2 rings (SSSR count). The van der Waals surface area contributed by atoms with E-state index in [-0.39, 0.29) is 23.4 Å². The van der Waals surface area contributed by atoms with Crippen LogP contribution in [0.15, 0.2) is 48.5 Å². The Balaban J connectivity index is 2.28. The summed E-state index contributed by atoms with van der Waals surface area (Å²) in [6.07, 6.45) is 1.69. The lowest BCUT2D eigenvalue weighted by molar-refractivity contribution is 0.0999. The molecular formula is C16H14F2N2O. The van der Waals surface area contributed by atoms with Gasteiger partial charge in [-0.15, -0.1) is 0 Å². The topological polar surface area (TPSA) is 69.1 Å². The van der Waals surface area contributed by atoms with Crippen molar-refractivity contribution in [2.24, 2.45) is 11.5 Å². The second-order valence-electron chi connectivity index (χ2n) is 4.50. The molecule has 5 heteroatoms. The third-order valence-electron chi connectivity index (χ3n) is 3.09. The number of benzene rings is 2. The summed E-state index contributed by atoms with van der Waals surface area (Å²) in [6.45, 7) is 0. The van der Waals surface area contributed by atoms with E-state index in [1.165, 1.54) is 42.5 Å². The van der Waals surface area contributed by atoms with Crippen LogP contribution >= 0.6 is 0 Å². The van der Waals surface area contributed by atoms with Crippen molar-refractivity contribution >= 4 is 11.6 Å². The maximum Gasteiger partial charge on any atom is 0.249 e. The lowest BCUT2D eigenvalue weighted by atomic mass is 10.0. The van der Waals surface area contributed by atoms with E-state index in [1.807, 2.05) is 0 Å². The summed E-state index contributed by atoms with van der Waals surface area (Å²) >= 11 is 0. The minimum absolute atomic E-state index is 0.119. The number of carbonyl (C=O) groups is 1. The highest BCUT2D eigenvalue weighted by Gasteiger charge is 2.11. The average molecular weight is 288 g/mol. The molecule has 0 saturated heterocycles. The summed E-state index contributed by atoms with van der Waals surface area (Å²) in [7, 11) is 0. The average Bonchev–Trinajstić information content (AvgIpc) is 2.46. The first kappa shape index (κ1) is 14.7. The van der Waals surface area contributed by atoms with Gasteiger partial charge in [-0.3, -0.25) is 4.79 Å². The largest absolute Gasteiger partial charge is 0.398 e. The molecule has 0 atom stereocenters. The van der Waals surface area contributed by atoms with Crippen LogP contribution in [0.25, 0.3) is 5.70 Å². The Labute approximate surface area is 120 Å². The predicted molar refractivity (Wildman–Crippen MR) is 77.2 cm³/mol. The first-order valence-electron chi connectivity index (χ1n) is 6.28. The Hall–Kier alpha value is -2.69. The number of hydrogen-bond donors (Lipinski definition) is 2. The fourth-order valence-corrected chi connectivity index (χ4v) is 1.97. The Bertz CT molecular complexity index is 694. The molecule has 0 radical (unpaired) electrons. The predicted octanol–water partition coefficient (Wildman–Crippen LogP) is 2.61. The van der Waals surface area contributed by atoms with Gasteiger partial charge in [0.15, 0.2) is 0 Å². The van der Waals surface area contributed by atoms with Crippen molar-refractivity contribution in [2.75, 3.05) is 0 Å². The fourth-order valence-electron chi connectivity index (χ4n) is 1.97. The highest BCUT2D eigenvalue weighted by Crippen LogP contribution is 2.17. The van der Waals surface area contributed by atoms with Gasteiger partial charge < -0.3 is 11.5 Å². The van der Waals surface area contributed by atoms with Crippen molar-refractivity contribution in [2.45, 2.75) is 6.42 Å². The smallest absolute Gasteiger partial charge is 0.249 e. The molecule has 0 aliphatic rings. The first-order valence-corrected chi connectivity index (χ1v) is 6.28. The SMILES string of the molecule is NC(=O)c1cccc(F)c1C/C=C(\N)c1ccc(F)cc1. The molecule has 2 aromatic carbocycles. The van der Waals surface area contributed by atoms with E-state index in [0.717, 1.165) is 0 Å². The van der Waals surface area contributed by atoms with E-state index in [4.69, 9.17) is 11.5 Å². The quantitative estimate of drug-likeness (QED) is 0.908. The zero-order valence-electron chi connectivity index (χ0n) is 11.1. The molecule has 0 saturated carbocycles. The molecule has 1 amide bonds. The van der Waals surface area contributed by atoms with Crippen molar-refractivity contribution in [3.8, 4) is 0 Å². The van der Waals surface area contributed by atoms with Crippen LogP contribution < -0.4 is 11.5 Å². The molecule has 21 heavy (non-hydrogen) atoms. The molecule has 0 fully saturated rings. The zero-order valence-corrected chi connectivity index (χ0v) is 11.1. The lowest BCUT2D eigenvalue weighted by Gasteiger charge is -2.07. The second-order valence-corrected chi connectivity index (χ2v) is 4.50. The van der Waals surface area contributed by atoms with Crippen LogP contribution in [-0.2, 0) is 6.42 Å². The van der Waals surface area contributed by atoms with Gasteiger partial charge in [0.05, 0.1) is 0 Å². The lowest BCUT2D eigenvalue weighted by Crippen LogP contribution is -2.14. The monoisotopic (exact) mass is 288 g/mol. The molecule has 0 bridgehead atoms. The molecule has 4 N–H and O–H groups in total. The number of hydrogen-bond acceptors (Lipinski definition) is 2. The standard InChI is InChI=1S/C16H14F2N2O/c17-11-6-4-10(5-7-11)15(19)9-8-12-13(16(20)21)2-1-3-14(12)18/h1-7,9H,8,19H2,(H2,20,21)/b15-9-. The zero-order chi connectivity index (χ0) is 15.4. The molecule has 3 nitrogen and oxygen atoms in total. The van der Waals surface area contributed by atoms with Crippen molar-refractivity contribution in [1.29, 1.82) is 0 Å². The van der Waals surface area contributed by atoms with E-state index < -0.39 is 11.7 Å². The Morgan fingerprint density at radius 1 is 1.05 bits per heavy atom. The van der Waals surface area contributed by atoms with E-state index in [9.17, 15) is 13.6 Å². The molecule has 0 aliphatic carbocycles. The summed E-state index contributed by atoms with van der Waals surface area (Å²) in [5, 5.41) is 0. The summed E-state index contributed by atoms with van der Waals surface area (Å²) in [6, 6.07) is 9.76. The number of allylic oxidation sites excluding steroid dienone is 1. The van der Waals surface area contributed by atoms with Crippen molar-refractivity contribution in [3.63, 3.8) is 0 Å². The van der Waals surface area contributed by atoms with Gasteiger partial charge in [0.25, 0.3) is 0 Å². The summed E-state index contributed by atoms with van der Waals surface area (Å²) in [4.78, 5) is 11.3. The number of carbonyl (C=O) groups excluding carboxylic acids is 1. The highest BCUT2D eigenvalue weighted by molar-refractivity contribution is 5.94. The Morgan fingerprint density at radius 2 is 1.71 bits per heavy atom. The van der Waals surface area contributed by atoms with Gasteiger partial charge in [-0.2, -0.15) is 0 Å². The molecule has 0 spiro atoms. The molecule has 2 aromatic rings. The van der Waals surface area contributed by atoms with E-state index >= 15 is 0 Å². The molecular weight excluding hydrogens is 274 g/mol. The van der Waals surface area contributed by atoms with Crippen LogP contribution in [0.2, 0.25) is 0 Å². The highest BCUT2D eigenvalue weighted by atomic mass is 19.1. The van der Waals surface area contributed by atoms with Crippen LogP contribution in [0.1, 0.15) is 21.5 Å². The maximum atomic E-state index is 13.8. The van der Waals surface area contributed by atoms with E-state index in [2.05, 4.69) is 0 Å². The van der Waals surface area contributed by atoms with Gasteiger partial charge in [-0.1, -0.05) is 24.3 Å². The van der Waals surface area contributed by atoms with Crippen LogP contribution in [0.3, 0.4) is 0 Å². The fraction of sp³-hybridized carbons (Fsp3) is 0.0625. The van der Waals surface area contributed by atoms with Crippen LogP contribution in [0.4, 0.5) is 8.78 Å². The number of amides is 1. The number of halogens is 2. The normalized spacial score (nSPS) is 11.4. The molecule has 0 aliphatic heterocycles. The third kappa shape index (κ3) is 3.45. The van der Waals surface area contributed by atoms with Gasteiger partial charge in [0.2, 0.25) is 5.91 Å². The molecule has 0 heterocycles. The number of nitrogens with two attached hydrogens (primary N) is 2. The first-order chi connectivity index (χ1) is 9.99. The van der Waals surface area contributed by atoms with Gasteiger partial charge in [-0.05, 0) is 36.2 Å². The second kappa shape index (κ2) is 6.17. The van der Waals surface area contributed by atoms with Crippen molar-refractivity contribution in [1.82, 2.24) is 0 Å². The van der Waals surface area contributed by atoms with Crippen LogP contribution in [-0.4, -0.2) is 5.91 Å². The van der Waals surface area contributed by atoms with Crippen LogP contribution in [0, 0.1) is 11.6 Å². The number of rotatable bonds is 4. The van der Waals surface area contributed by atoms with E-state index in [0.29, 0.717) is 11.3 Å². The number of primary amides is 1. The van der Waals surface area contributed by atoms with E-state index in [1.54, 1.807) is 6.08 Å².